The van der Waals surface area contributed by atoms with E-state index in [2.05, 4.69) is 6.92 Å². The van der Waals surface area contributed by atoms with Crippen LogP contribution >= 0.6 is 0 Å². The van der Waals surface area contributed by atoms with Crippen molar-refractivity contribution >= 4 is 11.0 Å². The lowest BCUT2D eigenvalue weighted by Gasteiger charge is -2.29. The largest absolute Gasteiger partial charge is 0.872 e. The van der Waals surface area contributed by atoms with Crippen LogP contribution in [0.2, 0.25) is 0 Å². The Labute approximate surface area is 170 Å². The first-order valence-electron chi connectivity index (χ1n) is 10.2. The third-order valence-corrected chi connectivity index (χ3v) is 6.08. The number of likely N-dealkylation sites (tertiary alicyclic amines) is 1. The zero-order chi connectivity index (χ0) is 20.5. The first-order chi connectivity index (χ1) is 14.0. The average Bonchev–Trinajstić information content (AvgIpc) is 2.72. The second kappa shape index (κ2) is 7.91. The molecule has 1 fully saturated rings. The van der Waals surface area contributed by atoms with Gasteiger partial charge in [-0.15, -0.1) is 0 Å². The molecule has 1 aliphatic heterocycles. The summed E-state index contributed by atoms with van der Waals surface area (Å²) in [5.41, 5.74) is 2.10. The molecule has 0 unspecified atom stereocenters. The predicted octanol–water partition coefficient (Wildman–Crippen LogP) is 2.67. The van der Waals surface area contributed by atoms with Crippen molar-refractivity contribution < 1.29 is 19.2 Å². The summed E-state index contributed by atoms with van der Waals surface area (Å²) >= 11 is 0. The minimum Gasteiger partial charge on any atom is -0.872 e. The van der Waals surface area contributed by atoms with Gasteiger partial charge in [-0.1, -0.05) is 36.9 Å². The van der Waals surface area contributed by atoms with Gasteiger partial charge in [-0.05, 0) is 37.8 Å². The molecule has 5 nitrogen and oxygen atoms in total. The Bertz CT molecular complexity index is 1090. The van der Waals surface area contributed by atoms with Crippen LogP contribution in [0.15, 0.2) is 45.6 Å². The van der Waals surface area contributed by atoms with Crippen LogP contribution in [0.1, 0.15) is 31.1 Å². The molecule has 2 heterocycles. The minimum absolute atomic E-state index is 0.0591. The first-order valence-corrected chi connectivity index (χ1v) is 10.2. The maximum absolute atomic E-state index is 13.4. The van der Waals surface area contributed by atoms with Crippen LogP contribution in [0.25, 0.3) is 22.1 Å². The molecule has 0 saturated carbocycles. The van der Waals surface area contributed by atoms with Gasteiger partial charge < -0.3 is 19.2 Å². The van der Waals surface area contributed by atoms with Crippen molar-refractivity contribution in [3.63, 3.8) is 0 Å². The van der Waals surface area contributed by atoms with E-state index >= 15 is 0 Å². The number of rotatable bonds is 4. The van der Waals surface area contributed by atoms with Gasteiger partial charge in [-0.3, -0.25) is 4.79 Å². The summed E-state index contributed by atoms with van der Waals surface area (Å²) in [6.45, 7) is 6.73. The molecule has 5 heteroatoms. The zero-order valence-electron chi connectivity index (χ0n) is 17.2. The lowest BCUT2D eigenvalue weighted by atomic mass is 9.97. The third-order valence-electron chi connectivity index (χ3n) is 6.08. The van der Waals surface area contributed by atoms with Gasteiger partial charge in [0, 0.05) is 11.1 Å². The van der Waals surface area contributed by atoms with Crippen molar-refractivity contribution in [2.75, 3.05) is 20.2 Å². The summed E-state index contributed by atoms with van der Waals surface area (Å²) in [6.07, 6.45) is 2.32. The van der Waals surface area contributed by atoms with Crippen molar-refractivity contribution in [1.29, 1.82) is 0 Å². The van der Waals surface area contributed by atoms with Crippen LogP contribution in [-0.2, 0) is 6.54 Å². The summed E-state index contributed by atoms with van der Waals surface area (Å²) in [5, 5.41) is 13.1. The number of piperidine rings is 1. The number of para-hydroxylation sites is 1. The smallest absolute Gasteiger partial charge is 0.200 e. The van der Waals surface area contributed by atoms with Gasteiger partial charge in [0.2, 0.25) is 5.43 Å². The standard InChI is InChI=1S/C24H27NO4/c1-15-10-12-25(13-11-15)14-19-20(26)9-8-18-23(27)22(16(2)29-24(18)19)17-6-4-5-7-21(17)28-3/h4-9,15,26H,10-14H2,1-3H3. The van der Waals surface area contributed by atoms with E-state index in [0.717, 1.165) is 31.8 Å². The highest BCUT2D eigenvalue weighted by atomic mass is 16.5. The molecule has 0 spiro atoms. The Morgan fingerprint density at radius 3 is 2.62 bits per heavy atom. The molecule has 1 aliphatic rings. The summed E-state index contributed by atoms with van der Waals surface area (Å²) < 4.78 is 11.6. The van der Waals surface area contributed by atoms with E-state index in [1.54, 1.807) is 20.1 Å². The summed E-state index contributed by atoms with van der Waals surface area (Å²) in [7, 11) is 1.58. The third kappa shape index (κ3) is 3.62. The van der Waals surface area contributed by atoms with Crippen molar-refractivity contribution in [2.24, 2.45) is 5.92 Å². The number of methoxy groups -OCH3 is 1. The van der Waals surface area contributed by atoms with Crippen LogP contribution in [0, 0.1) is 12.8 Å². The summed E-state index contributed by atoms with van der Waals surface area (Å²) in [6, 6.07) is 10.5. The quantitative estimate of drug-likeness (QED) is 0.740. The molecule has 3 aromatic rings. The average molecular weight is 393 g/mol. The van der Waals surface area contributed by atoms with E-state index in [4.69, 9.17) is 9.15 Å². The van der Waals surface area contributed by atoms with Crippen molar-refractivity contribution in [1.82, 2.24) is 0 Å². The van der Waals surface area contributed by atoms with Gasteiger partial charge in [0.25, 0.3) is 0 Å². The lowest BCUT2D eigenvalue weighted by molar-refractivity contribution is -0.919. The highest BCUT2D eigenvalue weighted by molar-refractivity contribution is 5.87. The Kier molecular flexibility index (Phi) is 5.33. The Morgan fingerprint density at radius 2 is 1.90 bits per heavy atom. The van der Waals surface area contributed by atoms with Crippen LogP contribution in [-0.4, -0.2) is 20.2 Å². The Hall–Kier alpha value is -2.79. The SMILES string of the molecule is COc1ccccc1-c1c(C)oc2c(C[NH+]3CCC(C)CC3)c([O-])ccc2c1=O. The van der Waals surface area contributed by atoms with E-state index < -0.39 is 0 Å². The molecule has 29 heavy (non-hydrogen) atoms. The highest BCUT2D eigenvalue weighted by Gasteiger charge is 2.23. The van der Waals surface area contributed by atoms with E-state index in [1.165, 1.54) is 11.0 Å². The number of benzene rings is 2. The molecule has 0 atom stereocenters. The predicted molar refractivity (Wildman–Crippen MR) is 111 cm³/mol. The summed E-state index contributed by atoms with van der Waals surface area (Å²) in [4.78, 5) is 14.8. The fraction of sp³-hybridized carbons (Fsp3) is 0.375. The fourth-order valence-electron chi connectivity index (χ4n) is 4.33. The minimum atomic E-state index is -0.128. The second-order valence-corrected chi connectivity index (χ2v) is 8.09. The molecule has 0 radical (unpaired) electrons. The number of hydrogen-bond acceptors (Lipinski definition) is 4. The van der Waals surface area contributed by atoms with Crippen LogP contribution in [0.3, 0.4) is 0 Å². The van der Waals surface area contributed by atoms with Crippen molar-refractivity contribution in [3.05, 3.63) is 57.9 Å². The summed E-state index contributed by atoms with van der Waals surface area (Å²) in [5.74, 6) is 1.80. The van der Waals surface area contributed by atoms with Gasteiger partial charge in [0.15, 0.2) is 0 Å². The maximum Gasteiger partial charge on any atom is 0.200 e. The molecule has 4 rings (SSSR count). The van der Waals surface area contributed by atoms with E-state index in [0.29, 0.717) is 45.7 Å². The first kappa shape index (κ1) is 19.5. The number of hydrogen-bond donors (Lipinski definition) is 1. The van der Waals surface area contributed by atoms with Gasteiger partial charge in [0.1, 0.15) is 23.6 Å². The monoisotopic (exact) mass is 393 g/mol. The van der Waals surface area contributed by atoms with E-state index in [-0.39, 0.29) is 11.2 Å². The van der Waals surface area contributed by atoms with Gasteiger partial charge in [-0.2, -0.15) is 0 Å². The van der Waals surface area contributed by atoms with Crippen molar-refractivity contribution in [3.8, 4) is 22.6 Å². The van der Waals surface area contributed by atoms with Crippen LogP contribution < -0.4 is 20.2 Å². The molecule has 1 aromatic heterocycles. The molecule has 1 saturated heterocycles. The van der Waals surface area contributed by atoms with Crippen LogP contribution in [0.5, 0.6) is 11.5 Å². The number of fused-ring (bicyclic) bond motifs is 1. The molecular formula is C24H27NO4. The maximum atomic E-state index is 13.4. The fourth-order valence-corrected chi connectivity index (χ4v) is 4.33. The second-order valence-electron chi connectivity index (χ2n) is 8.09. The number of ether oxygens (including phenoxy) is 1. The van der Waals surface area contributed by atoms with Crippen molar-refractivity contribution in [2.45, 2.75) is 33.2 Å². The molecule has 2 aromatic carbocycles. The molecule has 1 N–H and O–H groups in total. The van der Waals surface area contributed by atoms with E-state index in [1.807, 2.05) is 24.3 Å². The van der Waals surface area contributed by atoms with Gasteiger partial charge in [-0.25, -0.2) is 0 Å². The Balaban J connectivity index is 1.84. The number of aryl methyl sites for hydroxylation is 1. The van der Waals surface area contributed by atoms with Gasteiger partial charge >= 0.3 is 0 Å². The van der Waals surface area contributed by atoms with Gasteiger partial charge in [0.05, 0.1) is 31.1 Å². The highest BCUT2D eigenvalue weighted by Crippen LogP contribution is 2.33. The number of quaternary nitrogens is 1. The molecule has 0 bridgehead atoms. The van der Waals surface area contributed by atoms with Crippen LogP contribution in [0.4, 0.5) is 0 Å². The Morgan fingerprint density at radius 1 is 1.17 bits per heavy atom. The van der Waals surface area contributed by atoms with E-state index in [9.17, 15) is 9.90 Å². The topological polar surface area (TPSA) is 66.9 Å². The molecule has 0 aliphatic carbocycles. The lowest BCUT2D eigenvalue weighted by Crippen LogP contribution is -3.11. The number of nitrogens with one attached hydrogen (secondary N) is 1. The molecule has 0 amide bonds. The molecule has 152 valence electrons. The zero-order valence-corrected chi connectivity index (χ0v) is 17.2. The normalized spacial score (nSPS) is 19.4. The molecular weight excluding hydrogens is 366 g/mol.